The van der Waals surface area contributed by atoms with Gasteiger partial charge in [-0.05, 0) is 25.5 Å². The molecule has 0 radical (unpaired) electrons. The van der Waals surface area contributed by atoms with Crippen LogP contribution >= 0.6 is 34.8 Å². The smallest absolute Gasteiger partial charge is 0.264 e. The van der Waals surface area contributed by atoms with Crippen LogP contribution in [0.25, 0.3) is 0 Å². The van der Waals surface area contributed by atoms with Crippen molar-refractivity contribution in [2.45, 2.75) is 20.3 Å². The van der Waals surface area contributed by atoms with Gasteiger partial charge in [-0.3, -0.25) is 15.6 Å². The molecule has 0 unspecified atom stereocenters. The van der Waals surface area contributed by atoms with E-state index in [9.17, 15) is 4.79 Å². The van der Waals surface area contributed by atoms with E-state index in [1.807, 2.05) is 13.0 Å². The van der Waals surface area contributed by atoms with Crippen LogP contribution in [0.5, 0.6) is 0 Å². The van der Waals surface area contributed by atoms with E-state index in [0.29, 0.717) is 26.3 Å². The second kappa shape index (κ2) is 6.88. The lowest BCUT2D eigenvalue weighted by atomic mass is 10.2. The summed E-state index contributed by atoms with van der Waals surface area (Å²) < 4.78 is 0. The highest BCUT2D eigenvalue weighted by Crippen LogP contribution is 2.33. The molecule has 0 aliphatic rings. The van der Waals surface area contributed by atoms with Gasteiger partial charge < -0.3 is 0 Å². The van der Waals surface area contributed by atoms with Gasteiger partial charge >= 0.3 is 0 Å². The van der Waals surface area contributed by atoms with Gasteiger partial charge in [-0.1, -0.05) is 47.8 Å². The summed E-state index contributed by atoms with van der Waals surface area (Å²) in [7, 11) is 0. The first-order valence-corrected chi connectivity index (χ1v) is 6.46. The Morgan fingerprint density at radius 3 is 2.33 bits per heavy atom. The molecule has 1 aromatic rings. The molecule has 0 fully saturated rings. The molecule has 0 aliphatic heterocycles. The molecule has 0 heterocycles. The second-order valence-electron chi connectivity index (χ2n) is 3.62. The lowest BCUT2D eigenvalue weighted by molar-refractivity contribution is -0.117. The van der Waals surface area contributed by atoms with Crippen LogP contribution in [0.3, 0.4) is 0 Å². The molecule has 0 saturated heterocycles. The zero-order chi connectivity index (χ0) is 13.7. The first-order chi connectivity index (χ1) is 8.45. The summed E-state index contributed by atoms with van der Waals surface area (Å²) in [6.07, 6.45) is 2.61. The van der Waals surface area contributed by atoms with Crippen molar-refractivity contribution in [2.24, 2.45) is 0 Å². The number of nitrogens with one attached hydrogen (secondary N) is 2. The fraction of sp³-hybridized carbons (Fsp3) is 0.250. The predicted molar refractivity (Wildman–Crippen MR) is 77.3 cm³/mol. The Kier molecular flexibility index (Phi) is 5.79. The zero-order valence-corrected chi connectivity index (χ0v) is 12.2. The van der Waals surface area contributed by atoms with E-state index in [2.05, 4.69) is 10.9 Å². The average Bonchev–Trinajstić information content (AvgIpc) is 2.27. The highest BCUT2D eigenvalue weighted by molar-refractivity contribution is 6.41. The molecule has 0 aliphatic carbocycles. The minimum absolute atomic E-state index is 0.237. The molecule has 1 amide bonds. The van der Waals surface area contributed by atoms with Gasteiger partial charge in [0, 0.05) is 10.6 Å². The largest absolute Gasteiger partial charge is 0.295 e. The van der Waals surface area contributed by atoms with Gasteiger partial charge in [0.05, 0.1) is 15.7 Å². The molecular weight excluding hydrogens is 295 g/mol. The number of carbonyl (C=O) groups is 1. The second-order valence-corrected chi connectivity index (χ2v) is 4.87. The molecular formula is C12H13Cl3N2O. The van der Waals surface area contributed by atoms with Gasteiger partial charge in [0.25, 0.3) is 5.91 Å². The van der Waals surface area contributed by atoms with Crippen molar-refractivity contribution in [1.82, 2.24) is 5.43 Å². The maximum absolute atomic E-state index is 11.6. The topological polar surface area (TPSA) is 41.1 Å². The van der Waals surface area contributed by atoms with Gasteiger partial charge in [0.1, 0.15) is 0 Å². The SMILES string of the molecule is CCC=C(C)C(=O)NNc1c(Cl)cc(Cl)cc1Cl. The maximum Gasteiger partial charge on any atom is 0.264 e. The molecule has 0 atom stereocenters. The summed E-state index contributed by atoms with van der Waals surface area (Å²) in [6.45, 7) is 3.68. The molecule has 1 rings (SSSR count). The van der Waals surface area contributed by atoms with Gasteiger partial charge in [-0.25, -0.2) is 0 Å². The summed E-state index contributed by atoms with van der Waals surface area (Å²) in [5, 5.41) is 1.11. The fourth-order valence-corrected chi connectivity index (χ4v) is 2.19. The Labute approximate surface area is 121 Å². The van der Waals surface area contributed by atoms with E-state index in [1.54, 1.807) is 6.92 Å². The highest BCUT2D eigenvalue weighted by Gasteiger charge is 2.09. The number of anilines is 1. The van der Waals surface area contributed by atoms with E-state index < -0.39 is 0 Å². The quantitative estimate of drug-likeness (QED) is 0.637. The van der Waals surface area contributed by atoms with Crippen molar-refractivity contribution in [3.05, 3.63) is 38.8 Å². The number of benzene rings is 1. The molecule has 0 spiro atoms. The van der Waals surface area contributed by atoms with E-state index in [1.165, 1.54) is 12.1 Å². The molecule has 0 saturated carbocycles. The van der Waals surface area contributed by atoms with Crippen molar-refractivity contribution in [2.75, 3.05) is 5.43 Å². The third-order valence-electron chi connectivity index (χ3n) is 2.18. The van der Waals surface area contributed by atoms with E-state index in [0.717, 1.165) is 6.42 Å². The van der Waals surface area contributed by atoms with Gasteiger partial charge in [-0.15, -0.1) is 0 Å². The summed E-state index contributed by atoms with van der Waals surface area (Å²) in [6, 6.07) is 3.08. The van der Waals surface area contributed by atoms with Crippen LogP contribution in [0.15, 0.2) is 23.8 Å². The molecule has 0 aromatic heterocycles. The van der Waals surface area contributed by atoms with Crippen molar-refractivity contribution >= 4 is 46.4 Å². The normalized spacial score (nSPS) is 11.3. The van der Waals surface area contributed by atoms with Crippen LogP contribution in [0, 0.1) is 0 Å². The monoisotopic (exact) mass is 306 g/mol. The Morgan fingerprint density at radius 2 is 1.83 bits per heavy atom. The number of amides is 1. The standard InChI is InChI=1S/C12H13Cl3N2O/c1-3-4-7(2)12(18)17-16-11-9(14)5-8(13)6-10(11)15/h4-6,16H,3H2,1-2H3,(H,17,18). The van der Waals surface area contributed by atoms with Crippen molar-refractivity contribution in [1.29, 1.82) is 0 Å². The van der Waals surface area contributed by atoms with Crippen molar-refractivity contribution in [3.8, 4) is 0 Å². The number of hydrogen-bond acceptors (Lipinski definition) is 2. The number of halogens is 3. The van der Waals surface area contributed by atoms with Crippen molar-refractivity contribution < 1.29 is 4.79 Å². The Bertz CT molecular complexity index is 463. The third-order valence-corrected chi connectivity index (χ3v) is 2.99. The number of carbonyl (C=O) groups excluding carboxylic acids is 1. The van der Waals surface area contributed by atoms with Gasteiger partial charge in [0.15, 0.2) is 0 Å². The molecule has 6 heteroatoms. The summed E-state index contributed by atoms with van der Waals surface area (Å²) in [5.74, 6) is -0.237. The molecule has 18 heavy (non-hydrogen) atoms. The average molecular weight is 308 g/mol. The Balaban J connectivity index is 2.76. The zero-order valence-electron chi connectivity index (χ0n) is 9.98. The highest BCUT2D eigenvalue weighted by atomic mass is 35.5. The molecule has 1 aromatic carbocycles. The predicted octanol–water partition coefficient (Wildman–Crippen LogP) is 4.45. The van der Waals surface area contributed by atoms with Crippen LogP contribution in [-0.2, 0) is 4.79 Å². The summed E-state index contributed by atoms with van der Waals surface area (Å²) in [4.78, 5) is 11.6. The van der Waals surface area contributed by atoms with Crippen LogP contribution in [0.2, 0.25) is 15.1 Å². The number of rotatable bonds is 4. The third kappa shape index (κ3) is 4.09. The molecule has 2 N–H and O–H groups in total. The minimum atomic E-state index is -0.237. The number of allylic oxidation sites excluding steroid dienone is 1. The molecule has 98 valence electrons. The molecule has 3 nitrogen and oxygen atoms in total. The van der Waals surface area contributed by atoms with Gasteiger partial charge in [0.2, 0.25) is 0 Å². The minimum Gasteiger partial charge on any atom is -0.295 e. The Morgan fingerprint density at radius 1 is 1.28 bits per heavy atom. The lowest BCUT2D eigenvalue weighted by Crippen LogP contribution is -2.30. The van der Waals surface area contributed by atoms with Crippen LogP contribution in [-0.4, -0.2) is 5.91 Å². The Hall–Kier alpha value is -0.900. The van der Waals surface area contributed by atoms with Crippen LogP contribution < -0.4 is 10.9 Å². The van der Waals surface area contributed by atoms with Crippen LogP contribution in [0.1, 0.15) is 20.3 Å². The van der Waals surface area contributed by atoms with Crippen molar-refractivity contribution in [3.63, 3.8) is 0 Å². The maximum atomic E-state index is 11.6. The fourth-order valence-electron chi connectivity index (χ4n) is 1.28. The summed E-state index contributed by atoms with van der Waals surface area (Å²) >= 11 is 17.7. The van der Waals surface area contributed by atoms with E-state index in [-0.39, 0.29) is 5.91 Å². The molecule has 0 bridgehead atoms. The van der Waals surface area contributed by atoms with Crippen LogP contribution in [0.4, 0.5) is 5.69 Å². The number of hydrazine groups is 1. The first kappa shape index (κ1) is 15.2. The first-order valence-electron chi connectivity index (χ1n) is 5.33. The number of hydrogen-bond donors (Lipinski definition) is 2. The lowest BCUT2D eigenvalue weighted by Gasteiger charge is -2.12. The summed E-state index contributed by atoms with van der Waals surface area (Å²) in [5.41, 5.74) is 6.23. The van der Waals surface area contributed by atoms with E-state index >= 15 is 0 Å². The van der Waals surface area contributed by atoms with E-state index in [4.69, 9.17) is 34.8 Å². The van der Waals surface area contributed by atoms with Gasteiger partial charge in [-0.2, -0.15) is 0 Å².